The van der Waals surface area contributed by atoms with Crippen LogP contribution < -0.4 is 10.5 Å². The fraction of sp³-hybridized carbons (Fsp3) is 0.571. The zero-order chi connectivity index (χ0) is 12.1. The monoisotopic (exact) mass is 234 g/mol. The Labute approximate surface area is 104 Å². The van der Waals surface area contributed by atoms with Gasteiger partial charge in [-0.25, -0.2) is 0 Å². The van der Waals surface area contributed by atoms with E-state index in [1.807, 2.05) is 30.3 Å². The highest BCUT2D eigenvalue weighted by Crippen LogP contribution is 2.27. The summed E-state index contributed by atoms with van der Waals surface area (Å²) in [6.45, 7) is 2.47. The molecule has 3 nitrogen and oxygen atoms in total. The number of hydrogen-bond donors (Lipinski definition) is 1. The van der Waals surface area contributed by atoms with Gasteiger partial charge in [-0.05, 0) is 38.6 Å². The number of nitrogens with zero attached hydrogens (tertiary/aromatic N) is 1. The molecule has 2 rings (SSSR count). The van der Waals surface area contributed by atoms with Gasteiger partial charge in [-0.15, -0.1) is 0 Å². The van der Waals surface area contributed by atoms with Gasteiger partial charge >= 0.3 is 0 Å². The van der Waals surface area contributed by atoms with Crippen LogP contribution in [0.2, 0.25) is 0 Å². The molecule has 0 aliphatic carbocycles. The third kappa shape index (κ3) is 2.79. The molecule has 1 aromatic rings. The first-order valence-corrected chi connectivity index (χ1v) is 6.36. The van der Waals surface area contributed by atoms with Crippen molar-refractivity contribution < 1.29 is 4.74 Å². The van der Waals surface area contributed by atoms with E-state index in [1.54, 1.807) is 0 Å². The lowest BCUT2D eigenvalue weighted by atomic mass is 9.88. The summed E-state index contributed by atoms with van der Waals surface area (Å²) < 4.78 is 5.89. The highest BCUT2D eigenvalue weighted by molar-refractivity contribution is 5.21. The maximum absolute atomic E-state index is 5.97. The van der Waals surface area contributed by atoms with Crippen molar-refractivity contribution in [1.82, 2.24) is 4.90 Å². The number of hydrogen-bond acceptors (Lipinski definition) is 3. The van der Waals surface area contributed by atoms with E-state index in [0.29, 0.717) is 13.2 Å². The van der Waals surface area contributed by atoms with Crippen LogP contribution in [0.5, 0.6) is 5.75 Å². The predicted octanol–water partition coefficient (Wildman–Crippen LogP) is 1.88. The summed E-state index contributed by atoms with van der Waals surface area (Å²) in [5.41, 5.74) is 5.99. The van der Waals surface area contributed by atoms with Gasteiger partial charge in [0.2, 0.25) is 0 Å². The quantitative estimate of drug-likeness (QED) is 0.864. The molecule has 17 heavy (non-hydrogen) atoms. The summed E-state index contributed by atoms with van der Waals surface area (Å²) in [5, 5.41) is 0. The van der Waals surface area contributed by atoms with Gasteiger partial charge in [-0.1, -0.05) is 24.6 Å². The number of para-hydroxylation sites is 1. The van der Waals surface area contributed by atoms with Crippen molar-refractivity contribution in [3.05, 3.63) is 30.3 Å². The van der Waals surface area contributed by atoms with Crippen molar-refractivity contribution in [3.63, 3.8) is 0 Å². The lowest BCUT2D eigenvalue weighted by Crippen LogP contribution is -2.58. The van der Waals surface area contributed by atoms with E-state index in [4.69, 9.17) is 10.5 Å². The first kappa shape index (κ1) is 12.4. The summed E-state index contributed by atoms with van der Waals surface area (Å²) in [6, 6.07) is 9.97. The van der Waals surface area contributed by atoms with Gasteiger partial charge in [-0.3, -0.25) is 4.90 Å². The molecule has 0 aromatic heterocycles. The maximum atomic E-state index is 5.97. The van der Waals surface area contributed by atoms with Crippen LogP contribution in [0.15, 0.2) is 30.3 Å². The second-order valence-corrected chi connectivity index (χ2v) is 4.91. The van der Waals surface area contributed by atoms with Crippen LogP contribution in [0.1, 0.15) is 19.3 Å². The standard InChI is InChI=1S/C14H22N2O/c1-16-10-6-5-9-14(16,11-15)12-17-13-7-3-2-4-8-13/h2-4,7-8H,5-6,9-12,15H2,1H3. The van der Waals surface area contributed by atoms with Gasteiger partial charge in [0.15, 0.2) is 0 Å². The van der Waals surface area contributed by atoms with E-state index in [0.717, 1.165) is 18.7 Å². The molecule has 0 saturated carbocycles. The molecule has 0 radical (unpaired) electrons. The predicted molar refractivity (Wildman–Crippen MR) is 70.2 cm³/mol. The number of rotatable bonds is 4. The summed E-state index contributed by atoms with van der Waals surface area (Å²) in [4.78, 5) is 2.36. The molecule has 1 aliphatic heterocycles. The lowest BCUT2D eigenvalue weighted by molar-refractivity contribution is 0.0340. The van der Waals surface area contributed by atoms with Gasteiger partial charge in [0.05, 0.1) is 5.54 Å². The van der Waals surface area contributed by atoms with Crippen molar-refractivity contribution in [2.75, 3.05) is 26.7 Å². The first-order chi connectivity index (χ1) is 8.27. The van der Waals surface area contributed by atoms with Crippen LogP contribution in [0.4, 0.5) is 0 Å². The van der Waals surface area contributed by atoms with Crippen LogP contribution >= 0.6 is 0 Å². The van der Waals surface area contributed by atoms with E-state index >= 15 is 0 Å². The Bertz CT molecular complexity index is 341. The zero-order valence-corrected chi connectivity index (χ0v) is 10.6. The summed E-state index contributed by atoms with van der Waals surface area (Å²) in [5.74, 6) is 0.930. The number of ether oxygens (including phenoxy) is 1. The number of likely N-dealkylation sites (N-methyl/N-ethyl adjacent to an activating group) is 1. The largest absolute Gasteiger partial charge is 0.492 e. The zero-order valence-electron chi connectivity index (χ0n) is 10.6. The molecule has 1 fully saturated rings. The van der Waals surface area contributed by atoms with Crippen molar-refractivity contribution >= 4 is 0 Å². The molecule has 0 bridgehead atoms. The molecular formula is C14H22N2O. The van der Waals surface area contributed by atoms with E-state index < -0.39 is 0 Å². The molecule has 0 amide bonds. The Balaban J connectivity index is 1.99. The van der Waals surface area contributed by atoms with Gasteiger partial charge in [0.1, 0.15) is 12.4 Å². The Morgan fingerprint density at radius 1 is 1.29 bits per heavy atom. The van der Waals surface area contributed by atoms with E-state index in [9.17, 15) is 0 Å². The Kier molecular flexibility index (Phi) is 4.02. The molecular weight excluding hydrogens is 212 g/mol. The molecule has 94 valence electrons. The SMILES string of the molecule is CN1CCCCC1(CN)COc1ccccc1. The number of likely N-dealkylation sites (tertiary alicyclic amines) is 1. The summed E-state index contributed by atoms with van der Waals surface area (Å²) in [6.07, 6.45) is 3.65. The van der Waals surface area contributed by atoms with Gasteiger partial charge < -0.3 is 10.5 Å². The van der Waals surface area contributed by atoms with Crippen LogP contribution in [0.25, 0.3) is 0 Å². The average Bonchev–Trinajstić information content (AvgIpc) is 2.39. The van der Waals surface area contributed by atoms with Crippen molar-refractivity contribution in [2.45, 2.75) is 24.8 Å². The number of benzene rings is 1. The van der Waals surface area contributed by atoms with Crippen LogP contribution in [0, 0.1) is 0 Å². The second kappa shape index (κ2) is 5.52. The maximum Gasteiger partial charge on any atom is 0.119 e. The van der Waals surface area contributed by atoms with E-state index in [2.05, 4.69) is 11.9 Å². The topological polar surface area (TPSA) is 38.5 Å². The molecule has 1 unspecified atom stereocenters. The molecule has 1 saturated heterocycles. The van der Waals surface area contributed by atoms with Crippen LogP contribution in [0.3, 0.4) is 0 Å². The highest BCUT2D eigenvalue weighted by Gasteiger charge is 2.36. The first-order valence-electron chi connectivity index (χ1n) is 6.36. The Morgan fingerprint density at radius 2 is 2.06 bits per heavy atom. The molecule has 0 spiro atoms. The van der Waals surface area contributed by atoms with Gasteiger partial charge in [0, 0.05) is 6.54 Å². The molecule has 1 aromatic carbocycles. The Morgan fingerprint density at radius 3 is 2.71 bits per heavy atom. The summed E-state index contributed by atoms with van der Waals surface area (Å²) in [7, 11) is 2.15. The third-order valence-corrected chi connectivity index (χ3v) is 3.83. The fourth-order valence-electron chi connectivity index (χ4n) is 2.46. The molecule has 3 heteroatoms. The lowest BCUT2D eigenvalue weighted by Gasteiger charge is -2.44. The smallest absolute Gasteiger partial charge is 0.119 e. The third-order valence-electron chi connectivity index (χ3n) is 3.83. The van der Waals surface area contributed by atoms with Crippen LogP contribution in [-0.2, 0) is 0 Å². The fourth-order valence-corrected chi connectivity index (χ4v) is 2.46. The van der Waals surface area contributed by atoms with Crippen molar-refractivity contribution in [1.29, 1.82) is 0 Å². The molecule has 2 N–H and O–H groups in total. The van der Waals surface area contributed by atoms with Crippen molar-refractivity contribution in [2.24, 2.45) is 5.73 Å². The normalized spacial score (nSPS) is 25.8. The minimum Gasteiger partial charge on any atom is -0.492 e. The molecule has 1 atom stereocenters. The molecule has 1 aliphatic rings. The average molecular weight is 234 g/mol. The minimum absolute atomic E-state index is 0.0219. The van der Waals surface area contributed by atoms with Gasteiger partial charge in [0.25, 0.3) is 0 Å². The van der Waals surface area contributed by atoms with Crippen molar-refractivity contribution in [3.8, 4) is 5.75 Å². The highest BCUT2D eigenvalue weighted by atomic mass is 16.5. The second-order valence-electron chi connectivity index (χ2n) is 4.91. The van der Waals surface area contributed by atoms with Crippen LogP contribution in [-0.4, -0.2) is 37.2 Å². The van der Waals surface area contributed by atoms with Gasteiger partial charge in [-0.2, -0.15) is 0 Å². The number of nitrogens with two attached hydrogens (primary N) is 1. The number of piperidine rings is 1. The molecule has 1 heterocycles. The Hall–Kier alpha value is -1.06. The summed E-state index contributed by atoms with van der Waals surface area (Å²) >= 11 is 0. The minimum atomic E-state index is 0.0219. The van der Waals surface area contributed by atoms with E-state index in [1.165, 1.54) is 12.8 Å². The van der Waals surface area contributed by atoms with E-state index in [-0.39, 0.29) is 5.54 Å².